The summed E-state index contributed by atoms with van der Waals surface area (Å²) in [6.07, 6.45) is 0.308. The lowest BCUT2D eigenvalue weighted by Crippen LogP contribution is -2.28. The molecule has 1 aliphatic heterocycles. The maximum atomic E-state index is 12.0. The van der Waals surface area contributed by atoms with Crippen LogP contribution in [0.25, 0.3) is 0 Å². The fraction of sp³-hybridized carbons (Fsp3) is 0.818. The van der Waals surface area contributed by atoms with Gasteiger partial charge in [-0.2, -0.15) is 18.2 Å². The normalized spacial score (nSPS) is 17.5. The van der Waals surface area contributed by atoms with E-state index in [-0.39, 0.29) is 12.4 Å². The van der Waals surface area contributed by atoms with Crippen molar-refractivity contribution in [1.82, 2.24) is 15.5 Å². The summed E-state index contributed by atoms with van der Waals surface area (Å²) < 4.78 is 40.8. The van der Waals surface area contributed by atoms with Gasteiger partial charge in [-0.05, 0) is 18.0 Å². The maximum Gasteiger partial charge on any atom is 0.401 e. The first-order valence-electron chi connectivity index (χ1n) is 6.39. The Morgan fingerprint density at radius 2 is 1.84 bits per heavy atom. The second-order valence-corrected chi connectivity index (χ2v) is 4.61. The molecule has 0 saturated carbocycles. The lowest BCUT2D eigenvalue weighted by molar-refractivity contribution is -0.125. The van der Waals surface area contributed by atoms with Crippen LogP contribution in [0.15, 0.2) is 4.52 Å². The minimum absolute atomic E-state index is 0.0691. The molecule has 0 amide bonds. The van der Waals surface area contributed by atoms with Gasteiger partial charge in [-0.3, -0.25) is 0 Å². The lowest BCUT2D eigenvalue weighted by Gasteiger charge is -2.16. The summed E-state index contributed by atoms with van der Waals surface area (Å²) in [4.78, 5) is 6.13. The Balaban J connectivity index is 1.84. The van der Waals surface area contributed by atoms with Crippen LogP contribution >= 0.6 is 0 Å². The molecule has 1 aromatic rings. The number of hydrogen-bond donors (Lipinski definition) is 1. The molecule has 0 bridgehead atoms. The number of nitrogens with zero attached hydrogens (tertiary/aromatic N) is 3. The summed E-state index contributed by atoms with van der Waals surface area (Å²) in [5.74, 6) is 0.661. The number of alkyl halides is 3. The topological polar surface area (TPSA) is 54.2 Å². The van der Waals surface area contributed by atoms with E-state index >= 15 is 0 Å². The van der Waals surface area contributed by atoms with Crippen LogP contribution in [-0.4, -0.2) is 36.0 Å². The SMILES string of the molecule is FC(F)(F)CNCc1nc(N2CCCCCC2)no1. The fourth-order valence-electron chi connectivity index (χ4n) is 2.03. The second-order valence-electron chi connectivity index (χ2n) is 4.61. The molecule has 0 aromatic carbocycles. The van der Waals surface area contributed by atoms with Crippen molar-refractivity contribution in [1.29, 1.82) is 0 Å². The van der Waals surface area contributed by atoms with E-state index in [1.807, 2.05) is 4.90 Å². The predicted molar refractivity (Wildman–Crippen MR) is 62.7 cm³/mol. The van der Waals surface area contributed by atoms with Crippen molar-refractivity contribution < 1.29 is 17.7 Å². The maximum absolute atomic E-state index is 12.0. The Hall–Kier alpha value is -1.31. The molecule has 1 aromatic heterocycles. The molecular formula is C11H17F3N4O. The van der Waals surface area contributed by atoms with Crippen molar-refractivity contribution in [2.75, 3.05) is 24.5 Å². The van der Waals surface area contributed by atoms with E-state index in [1.54, 1.807) is 0 Å². The van der Waals surface area contributed by atoms with E-state index < -0.39 is 12.7 Å². The quantitative estimate of drug-likeness (QED) is 0.914. The summed E-state index contributed by atoms with van der Waals surface area (Å²) >= 11 is 0. The third-order valence-corrected chi connectivity index (χ3v) is 2.95. The average molecular weight is 278 g/mol. The zero-order valence-corrected chi connectivity index (χ0v) is 10.5. The Kier molecular flexibility index (Phi) is 4.62. The summed E-state index contributed by atoms with van der Waals surface area (Å²) in [5, 5.41) is 6.05. The minimum atomic E-state index is -4.23. The van der Waals surface area contributed by atoms with E-state index in [2.05, 4.69) is 15.5 Å². The molecule has 1 aliphatic rings. The van der Waals surface area contributed by atoms with E-state index in [1.165, 1.54) is 12.8 Å². The first kappa shape index (κ1) is 14.1. The van der Waals surface area contributed by atoms with Crippen molar-refractivity contribution in [3.8, 4) is 0 Å². The van der Waals surface area contributed by atoms with E-state index in [4.69, 9.17) is 4.52 Å². The molecule has 1 N–H and O–H groups in total. The van der Waals surface area contributed by atoms with Gasteiger partial charge in [0.1, 0.15) is 0 Å². The predicted octanol–water partition coefficient (Wildman–Crippen LogP) is 2.10. The molecule has 19 heavy (non-hydrogen) atoms. The van der Waals surface area contributed by atoms with Gasteiger partial charge < -0.3 is 14.7 Å². The van der Waals surface area contributed by atoms with Gasteiger partial charge in [-0.1, -0.05) is 12.8 Å². The van der Waals surface area contributed by atoms with Crippen molar-refractivity contribution in [2.45, 2.75) is 38.4 Å². The van der Waals surface area contributed by atoms with Gasteiger partial charge in [0, 0.05) is 13.1 Å². The lowest BCUT2D eigenvalue weighted by atomic mass is 10.2. The van der Waals surface area contributed by atoms with Crippen LogP contribution in [-0.2, 0) is 6.54 Å². The van der Waals surface area contributed by atoms with Gasteiger partial charge in [0.15, 0.2) is 0 Å². The third kappa shape index (κ3) is 4.70. The summed E-state index contributed by atoms with van der Waals surface area (Å²) in [6, 6.07) is 0. The number of aromatic nitrogens is 2. The van der Waals surface area contributed by atoms with Gasteiger partial charge in [0.25, 0.3) is 5.95 Å². The largest absolute Gasteiger partial charge is 0.401 e. The number of hydrogen-bond acceptors (Lipinski definition) is 5. The van der Waals surface area contributed by atoms with Crippen LogP contribution in [0.2, 0.25) is 0 Å². The monoisotopic (exact) mass is 278 g/mol. The number of halogens is 3. The van der Waals surface area contributed by atoms with Crippen LogP contribution < -0.4 is 10.2 Å². The average Bonchev–Trinajstić information content (AvgIpc) is 2.62. The molecule has 1 saturated heterocycles. The first-order chi connectivity index (χ1) is 9.04. The Morgan fingerprint density at radius 1 is 1.16 bits per heavy atom. The Labute approximate surface area is 109 Å². The molecule has 0 radical (unpaired) electrons. The van der Waals surface area contributed by atoms with Crippen LogP contribution in [0.1, 0.15) is 31.6 Å². The summed E-state index contributed by atoms with van der Waals surface area (Å²) in [7, 11) is 0. The summed E-state index contributed by atoms with van der Waals surface area (Å²) in [6.45, 7) is 0.610. The molecule has 5 nitrogen and oxygen atoms in total. The summed E-state index contributed by atoms with van der Waals surface area (Å²) in [5.41, 5.74) is 0. The van der Waals surface area contributed by atoms with E-state index in [9.17, 15) is 13.2 Å². The van der Waals surface area contributed by atoms with E-state index in [0.29, 0.717) is 5.95 Å². The van der Waals surface area contributed by atoms with E-state index in [0.717, 1.165) is 25.9 Å². The molecule has 8 heteroatoms. The smallest absolute Gasteiger partial charge is 0.338 e. The molecule has 0 spiro atoms. The van der Waals surface area contributed by atoms with Gasteiger partial charge in [0.2, 0.25) is 5.89 Å². The standard InChI is InChI=1S/C11H17F3N4O/c12-11(13,14)8-15-7-9-16-10(17-19-9)18-5-3-1-2-4-6-18/h15H,1-8H2. The van der Waals surface area contributed by atoms with Crippen LogP contribution in [0, 0.1) is 0 Å². The van der Waals surface area contributed by atoms with Gasteiger partial charge in [-0.25, -0.2) is 0 Å². The Morgan fingerprint density at radius 3 is 2.47 bits per heavy atom. The van der Waals surface area contributed by atoms with Crippen molar-refractivity contribution in [3.05, 3.63) is 5.89 Å². The van der Waals surface area contributed by atoms with Gasteiger partial charge >= 0.3 is 6.18 Å². The molecule has 108 valence electrons. The van der Waals surface area contributed by atoms with Gasteiger partial charge in [-0.15, -0.1) is 0 Å². The molecule has 0 unspecified atom stereocenters. The zero-order valence-electron chi connectivity index (χ0n) is 10.5. The Bertz CT molecular complexity index is 386. The molecule has 0 aliphatic carbocycles. The highest BCUT2D eigenvalue weighted by atomic mass is 19.4. The molecular weight excluding hydrogens is 261 g/mol. The fourth-order valence-corrected chi connectivity index (χ4v) is 2.03. The minimum Gasteiger partial charge on any atom is -0.338 e. The van der Waals surface area contributed by atoms with Crippen LogP contribution in [0.3, 0.4) is 0 Å². The molecule has 2 heterocycles. The zero-order chi connectivity index (χ0) is 13.7. The molecule has 0 atom stereocenters. The highest BCUT2D eigenvalue weighted by Gasteiger charge is 2.26. The van der Waals surface area contributed by atoms with Crippen LogP contribution in [0.5, 0.6) is 0 Å². The highest BCUT2D eigenvalue weighted by molar-refractivity contribution is 5.27. The molecule has 2 rings (SSSR count). The highest BCUT2D eigenvalue weighted by Crippen LogP contribution is 2.16. The van der Waals surface area contributed by atoms with Crippen molar-refractivity contribution >= 4 is 5.95 Å². The number of anilines is 1. The first-order valence-corrected chi connectivity index (χ1v) is 6.39. The van der Waals surface area contributed by atoms with Gasteiger partial charge in [0.05, 0.1) is 13.1 Å². The molecule has 1 fully saturated rings. The third-order valence-electron chi connectivity index (χ3n) is 2.95. The number of rotatable bonds is 4. The second kappa shape index (κ2) is 6.23. The number of nitrogens with one attached hydrogen (secondary N) is 1. The van der Waals surface area contributed by atoms with Crippen LogP contribution in [0.4, 0.5) is 19.1 Å². The van der Waals surface area contributed by atoms with Crippen molar-refractivity contribution in [3.63, 3.8) is 0 Å². The van der Waals surface area contributed by atoms with Crippen molar-refractivity contribution in [2.24, 2.45) is 0 Å².